The molecule has 0 spiro atoms. The lowest BCUT2D eigenvalue weighted by Crippen LogP contribution is -2.00. The van der Waals surface area contributed by atoms with Crippen LogP contribution >= 0.6 is 22.7 Å². The van der Waals surface area contributed by atoms with Gasteiger partial charge in [-0.25, -0.2) is 0 Å². The van der Waals surface area contributed by atoms with E-state index in [9.17, 15) is 0 Å². The lowest BCUT2D eigenvalue weighted by molar-refractivity contribution is 0.486. The number of benzene rings is 4. The second-order valence-corrected chi connectivity index (χ2v) is 10.2. The molecule has 0 atom stereocenters. The van der Waals surface area contributed by atoms with Crippen LogP contribution in [0.3, 0.4) is 0 Å². The maximum atomic E-state index is 6.44. The van der Waals surface area contributed by atoms with Gasteiger partial charge in [-0.1, -0.05) is 59.9 Å². The first-order valence-electron chi connectivity index (χ1n) is 10.5. The molecule has 0 bridgehead atoms. The Morgan fingerprint density at radius 3 is 2.25 bits per heavy atom. The third kappa shape index (κ3) is 2.13. The van der Waals surface area contributed by atoms with Crippen LogP contribution in [-0.4, -0.2) is 0 Å². The molecule has 6 aromatic rings. The van der Waals surface area contributed by atoms with Gasteiger partial charge in [0.2, 0.25) is 0 Å². The smallest absolute Gasteiger partial charge is 0.190 e. The standard InChI is InChI=1S/C28H14O2S2/c1-2-6-15(7-3-1)23-14-21-27(31-23)18-11-13-20-25-17(10-12-19(29-21)26(18)25)24-16-8-4-5-9-22(16)32-28(24)30-20/h1-14H. The fraction of sp³-hybridized carbons (Fsp3) is 0. The van der Waals surface area contributed by atoms with E-state index in [2.05, 4.69) is 78.9 Å². The van der Waals surface area contributed by atoms with Crippen LogP contribution in [-0.2, 0) is 0 Å². The number of hydrogen-bond donors (Lipinski definition) is 0. The van der Waals surface area contributed by atoms with E-state index in [0.29, 0.717) is 0 Å². The number of ether oxygens (including phenoxy) is 2. The minimum atomic E-state index is 0.900. The average molecular weight is 447 g/mol. The van der Waals surface area contributed by atoms with E-state index in [1.807, 2.05) is 6.07 Å². The average Bonchev–Trinajstić information content (AvgIpc) is 3.43. The molecule has 4 heteroatoms. The van der Waals surface area contributed by atoms with E-state index in [1.54, 1.807) is 22.7 Å². The second-order valence-electron chi connectivity index (χ2n) is 8.11. The highest BCUT2D eigenvalue weighted by atomic mass is 32.1. The van der Waals surface area contributed by atoms with Gasteiger partial charge in [0, 0.05) is 42.9 Å². The van der Waals surface area contributed by atoms with Gasteiger partial charge in [0.25, 0.3) is 0 Å². The molecule has 0 N–H and O–H groups in total. The molecular weight excluding hydrogens is 432 g/mol. The summed E-state index contributed by atoms with van der Waals surface area (Å²) < 4.78 is 14.1. The van der Waals surface area contributed by atoms with E-state index in [0.717, 1.165) is 33.1 Å². The molecule has 4 aromatic carbocycles. The van der Waals surface area contributed by atoms with Gasteiger partial charge in [-0.2, -0.15) is 0 Å². The zero-order chi connectivity index (χ0) is 20.8. The van der Waals surface area contributed by atoms with Crippen molar-refractivity contribution in [1.29, 1.82) is 0 Å². The SMILES string of the molecule is c1ccc(-c2cc3c(s2)-c2ccc4c5c(ccc(c25)O3)-c2c(sc3ccccc23)O4)cc1. The first kappa shape index (κ1) is 17.0. The van der Waals surface area contributed by atoms with Gasteiger partial charge in [-0.05, 0) is 41.5 Å². The van der Waals surface area contributed by atoms with Crippen LogP contribution in [0.25, 0.3) is 52.9 Å². The molecule has 0 fully saturated rings. The van der Waals surface area contributed by atoms with Gasteiger partial charge >= 0.3 is 0 Å². The summed E-state index contributed by atoms with van der Waals surface area (Å²) >= 11 is 3.50. The quantitative estimate of drug-likeness (QED) is 0.250. The van der Waals surface area contributed by atoms with Crippen molar-refractivity contribution in [2.24, 2.45) is 0 Å². The van der Waals surface area contributed by atoms with E-state index in [4.69, 9.17) is 9.47 Å². The molecule has 0 unspecified atom stereocenters. The monoisotopic (exact) mass is 446 g/mol. The summed E-state index contributed by atoms with van der Waals surface area (Å²) in [6.45, 7) is 0. The van der Waals surface area contributed by atoms with Crippen molar-refractivity contribution in [2.45, 2.75) is 0 Å². The van der Waals surface area contributed by atoms with Crippen LogP contribution in [0.5, 0.6) is 22.3 Å². The van der Waals surface area contributed by atoms with Gasteiger partial charge in [-0.15, -0.1) is 11.3 Å². The first-order chi connectivity index (χ1) is 15.8. The summed E-state index contributed by atoms with van der Waals surface area (Å²) in [5, 5.41) is 4.52. The molecule has 0 saturated heterocycles. The summed E-state index contributed by atoms with van der Waals surface area (Å²) in [6, 6.07) is 29.8. The van der Waals surface area contributed by atoms with Crippen molar-refractivity contribution in [1.82, 2.24) is 0 Å². The molecule has 32 heavy (non-hydrogen) atoms. The Bertz CT molecular complexity index is 1720. The van der Waals surface area contributed by atoms with Crippen LogP contribution < -0.4 is 9.47 Å². The van der Waals surface area contributed by atoms with Crippen LogP contribution in [0, 0.1) is 0 Å². The number of fused-ring (bicyclic) bond motifs is 6. The summed E-state index contributed by atoms with van der Waals surface area (Å²) in [5.74, 6) is 2.74. The lowest BCUT2D eigenvalue weighted by atomic mass is 9.91. The predicted molar refractivity (Wildman–Crippen MR) is 134 cm³/mol. The lowest BCUT2D eigenvalue weighted by Gasteiger charge is -2.24. The van der Waals surface area contributed by atoms with Gasteiger partial charge < -0.3 is 9.47 Å². The molecule has 8 rings (SSSR count). The minimum absolute atomic E-state index is 0.900. The predicted octanol–water partition coefficient (Wildman–Crippen LogP) is 9.33. The molecule has 2 aliphatic rings. The molecule has 4 heterocycles. The Balaban J connectivity index is 1.42. The molecule has 2 aromatic heterocycles. The Hall–Kier alpha value is -3.60. The summed E-state index contributed by atoms with van der Waals surface area (Å²) in [6.07, 6.45) is 0. The van der Waals surface area contributed by atoms with Crippen molar-refractivity contribution < 1.29 is 9.47 Å². The molecular formula is C28H14O2S2. The van der Waals surface area contributed by atoms with E-state index in [1.165, 1.54) is 42.1 Å². The molecule has 2 nitrogen and oxygen atoms in total. The summed E-state index contributed by atoms with van der Waals surface area (Å²) in [4.78, 5) is 2.40. The van der Waals surface area contributed by atoms with Crippen molar-refractivity contribution in [3.63, 3.8) is 0 Å². The van der Waals surface area contributed by atoms with Gasteiger partial charge in [0.05, 0.1) is 4.88 Å². The third-order valence-electron chi connectivity index (χ3n) is 6.34. The van der Waals surface area contributed by atoms with Gasteiger partial charge in [0.15, 0.2) is 5.06 Å². The highest BCUT2D eigenvalue weighted by Crippen LogP contribution is 2.59. The van der Waals surface area contributed by atoms with Crippen molar-refractivity contribution >= 4 is 43.5 Å². The summed E-state index contributed by atoms with van der Waals surface area (Å²) in [5.41, 5.74) is 4.86. The van der Waals surface area contributed by atoms with Gasteiger partial charge in [-0.3, -0.25) is 0 Å². The third-order valence-corrected chi connectivity index (χ3v) is 8.59. The molecule has 0 aliphatic carbocycles. The van der Waals surface area contributed by atoms with E-state index < -0.39 is 0 Å². The second kappa shape index (κ2) is 6.00. The molecule has 0 amide bonds. The Kier molecular flexibility index (Phi) is 3.19. The van der Waals surface area contributed by atoms with Crippen LogP contribution in [0.2, 0.25) is 0 Å². The maximum Gasteiger partial charge on any atom is 0.190 e. The molecule has 2 aliphatic heterocycles. The Labute approximate surface area is 191 Å². The van der Waals surface area contributed by atoms with Crippen LogP contribution in [0.15, 0.2) is 84.9 Å². The molecule has 0 saturated carbocycles. The topological polar surface area (TPSA) is 18.5 Å². The highest BCUT2D eigenvalue weighted by molar-refractivity contribution is 7.21. The molecule has 0 radical (unpaired) electrons. The van der Waals surface area contributed by atoms with Crippen molar-refractivity contribution in [3.8, 4) is 54.3 Å². The highest BCUT2D eigenvalue weighted by Gasteiger charge is 2.30. The zero-order valence-electron chi connectivity index (χ0n) is 16.7. The largest absolute Gasteiger partial charge is 0.455 e. The number of thiophene rings is 2. The fourth-order valence-corrected chi connectivity index (χ4v) is 7.15. The van der Waals surface area contributed by atoms with E-state index in [-0.39, 0.29) is 0 Å². The fourth-order valence-electron chi connectivity index (χ4n) is 4.95. The molecule has 150 valence electrons. The van der Waals surface area contributed by atoms with Crippen LogP contribution in [0.1, 0.15) is 0 Å². The zero-order valence-corrected chi connectivity index (χ0v) is 18.3. The van der Waals surface area contributed by atoms with Crippen LogP contribution in [0.4, 0.5) is 0 Å². The Morgan fingerprint density at radius 1 is 0.594 bits per heavy atom. The van der Waals surface area contributed by atoms with Crippen molar-refractivity contribution in [2.75, 3.05) is 0 Å². The first-order valence-corrected chi connectivity index (χ1v) is 12.2. The number of rotatable bonds is 1. The Morgan fingerprint density at radius 2 is 1.34 bits per heavy atom. The van der Waals surface area contributed by atoms with Crippen molar-refractivity contribution in [3.05, 3.63) is 84.9 Å². The number of hydrogen-bond acceptors (Lipinski definition) is 4. The van der Waals surface area contributed by atoms with E-state index >= 15 is 0 Å². The normalized spacial score (nSPS) is 12.9. The maximum absolute atomic E-state index is 6.44. The summed E-state index contributed by atoms with van der Waals surface area (Å²) in [7, 11) is 0. The minimum Gasteiger partial charge on any atom is -0.455 e. The van der Waals surface area contributed by atoms with Gasteiger partial charge in [0.1, 0.15) is 17.2 Å².